The smallest absolute Gasteiger partial charge is 0.160 e. The van der Waals surface area contributed by atoms with Gasteiger partial charge in [0.1, 0.15) is 0 Å². The zero-order valence-electron chi connectivity index (χ0n) is 13.1. The Balaban J connectivity index is 2.07. The van der Waals surface area contributed by atoms with Gasteiger partial charge in [-0.05, 0) is 71.0 Å². The number of nitrogens with one attached hydrogen (secondary N) is 1. The molecule has 2 nitrogen and oxygen atoms in total. The molecule has 1 aliphatic rings. The van der Waals surface area contributed by atoms with Crippen LogP contribution >= 0.6 is 22.6 Å². The quantitative estimate of drug-likeness (QED) is 0.545. The topological polar surface area (TPSA) is 29.1 Å². The first-order chi connectivity index (χ1) is 9.92. The van der Waals surface area contributed by atoms with Gasteiger partial charge < -0.3 is 5.32 Å². The number of carbonyl (C=O) groups is 1. The molecule has 1 N–H and O–H groups in total. The van der Waals surface area contributed by atoms with Crippen LogP contribution in [0.4, 0.5) is 5.69 Å². The number of rotatable bonds is 4. The van der Waals surface area contributed by atoms with Crippen molar-refractivity contribution in [2.24, 2.45) is 11.3 Å². The molecule has 0 bridgehead atoms. The lowest BCUT2D eigenvalue weighted by Crippen LogP contribution is -2.29. The molecular formula is C18H24INO. The number of anilines is 1. The van der Waals surface area contributed by atoms with Crippen LogP contribution in [0.3, 0.4) is 0 Å². The molecule has 3 heteroatoms. The number of benzene rings is 1. The van der Waals surface area contributed by atoms with E-state index in [0.717, 1.165) is 30.5 Å². The molecule has 21 heavy (non-hydrogen) atoms. The zero-order valence-corrected chi connectivity index (χ0v) is 15.2. The van der Waals surface area contributed by atoms with Crippen molar-refractivity contribution in [2.45, 2.75) is 46.5 Å². The molecular weight excluding hydrogens is 373 g/mol. The molecule has 0 saturated heterocycles. The van der Waals surface area contributed by atoms with Crippen molar-refractivity contribution >= 4 is 34.1 Å². The largest absolute Gasteiger partial charge is 0.361 e. The van der Waals surface area contributed by atoms with Crippen molar-refractivity contribution in [2.75, 3.05) is 5.32 Å². The first kappa shape index (κ1) is 16.5. The summed E-state index contributed by atoms with van der Waals surface area (Å²) in [5.74, 6) is 0.904. The Morgan fingerprint density at radius 1 is 1.33 bits per heavy atom. The third-order valence-electron chi connectivity index (χ3n) is 4.82. The zero-order chi connectivity index (χ0) is 15.5. The van der Waals surface area contributed by atoms with Crippen LogP contribution in [0.2, 0.25) is 0 Å². The number of hydrogen-bond donors (Lipinski definition) is 1. The highest BCUT2D eigenvalue weighted by Crippen LogP contribution is 2.41. The molecule has 1 atom stereocenters. The first-order valence-corrected chi connectivity index (χ1v) is 8.74. The van der Waals surface area contributed by atoms with E-state index < -0.39 is 0 Å². The Kier molecular flexibility index (Phi) is 5.47. The van der Waals surface area contributed by atoms with Gasteiger partial charge in [0.25, 0.3) is 0 Å². The monoisotopic (exact) mass is 397 g/mol. The number of allylic oxidation sites excluding steroid dienone is 1. The van der Waals surface area contributed by atoms with Crippen LogP contribution in [-0.2, 0) is 4.79 Å². The molecule has 0 spiro atoms. The molecule has 1 aromatic carbocycles. The van der Waals surface area contributed by atoms with Crippen LogP contribution < -0.4 is 5.32 Å². The van der Waals surface area contributed by atoms with Gasteiger partial charge in [-0.2, -0.15) is 0 Å². The molecule has 1 aliphatic carbocycles. The van der Waals surface area contributed by atoms with Crippen molar-refractivity contribution in [3.8, 4) is 0 Å². The van der Waals surface area contributed by atoms with Crippen molar-refractivity contribution in [3.05, 3.63) is 39.6 Å². The minimum atomic E-state index is 0.302. The van der Waals surface area contributed by atoms with E-state index >= 15 is 0 Å². The Bertz CT molecular complexity index is 531. The molecule has 2 rings (SSSR count). The summed E-state index contributed by atoms with van der Waals surface area (Å²) < 4.78 is 1.21. The standard InChI is InChI=1S/C18H24INO/c1-4-18(2,3)14-5-10-17(21)13(11-14)12-20-16-8-6-15(19)7-9-16/h6-9,12,14,20H,4-5,10-11H2,1-3H3/b13-12+/t14-/m1/s1. The molecule has 0 unspecified atom stereocenters. The second-order valence-corrected chi connectivity index (χ2v) is 7.77. The fourth-order valence-electron chi connectivity index (χ4n) is 2.76. The van der Waals surface area contributed by atoms with Gasteiger partial charge in [0.15, 0.2) is 5.78 Å². The van der Waals surface area contributed by atoms with E-state index in [1.807, 2.05) is 18.3 Å². The van der Waals surface area contributed by atoms with E-state index in [-0.39, 0.29) is 0 Å². The lowest BCUT2D eigenvalue weighted by atomic mass is 9.68. The first-order valence-electron chi connectivity index (χ1n) is 7.66. The van der Waals surface area contributed by atoms with Crippen LogP contribution in [0.15, 0.2) is 36.0 Å². The molecule has 1 aromatic rings. The van der Waals surface area contributed by atoms with E-state index in [4.69, 9.17) is 0 Å². The van der Waals surface area contributed by atoms with Crippen LogP contribution in [0.25, 0.3) is 0 Å². The summed E-state index contributed by atoms with van der Waals surface area (Å²) in [4.78, 5) is 12.1. The Morgan fingerprint density at radius 3 is 2.62 bits per heavy atom. The van der Waals surface area contributed by atoms with E-state index in [2.05, 4.69) is 60.8 Å². The number of ketones is 1. The molecule has 114 valence electrons. The Hall–Kier alpha value is -0.840. The maximum Gasteiger partial charge on any atom is 0.160 e. The van der Waals surface area contributed by atoms with Crippen LogP contribution in [0.5, 0.6) is 0 Å². The molecule has 1 fully saturated rings. The fourth-order valence-corrected chi connectivity index (χ4v) is 3.12. The fraction of sp³-hybridized carbons (Fsp3) is 0.500. The van der Waals surface area contributed by atoms with Crippen molar-refractivity contribution in [1.82, 2.24) is 0 Å². The number of carbonyl (C=O) groups excluding carboxylic acids is 1. The third-order valence-corrected chi connectivity index (χ3v) is 5.54. The third kappa shape index (κ3) is 4.31. The van der Waals surface area contributed by atoms with E-state index in [0.29, 0.717) is 23.5 Å². The Labute approximate surface area is 141 Å². The normalized spacial score (nSPS) is 21.6. The minimum absolute atomic E-state index is 0.302. The summed E-state index contributed by atoms with van der Waals surface area (Å²) in [6.07, 6.45) is 5.69. The summed E-state index contributed by atoms with van der Waals surface area (Å²) >= 11 is 2.29. The van der Waals surface area contributed by atoms with E-state index in [9.17, 15) is 4.79 Å². The average molecular weight is 397 g/mol. The molecule has 0 aromatic heterocycles. The Morgan fingerprint density at radius 2 is 2.00 bits per heavy atom. The van der Waals surface area contributed by atoms with Crippen molar-refractivity contribution < 1.29 is 4.79 Å². The average Bonchev–Trinajstić information content (AvgIpc) is 2.48. The maximum atomic E-state index is 12.1. The summed E-state index contributed by atoms with van der Waals surface area (Å²) in [6.45, 7) is 6.87. The van der Waals surface area contributed by atoms with Crippen LogP contribution in [0.1, 0.15) is 46.5 Å². The predicted octanol–water partition coefficient (Wildman–Crippen LogP) is 5.39. The molecule has 0 radical (unpaired) electrons. The summed E-state index contributed by atoms with van der Waals surface area (Å²) in [7, 11) is 0. The summed E-state index contributed by atoms with van der Waals surface area (Å²) in [5.41, 5.74) is 2.29. The van der Waals surface area contributed by atoms with Crippen LogP contribution in [0, 0.1) is 14.9 Å². The van der Waals surface area contributed by atoms with Gasteiger partial charge >= 0.3 is 0 Å². The van der Waals surface area contributed by atoms with E-state index in [1.165, 1.54) is 3.57 Å². The van der Waals surface area contributed by atoms with Gasteiger partial charge in [-0.3, -0.25) is 4.79 Å². The van der Waals surface area contributed by atoms with Gasteiger partial charge in [-0.1, -0.05) is 27.2 Å². The highest BCUT2D eigenvalue weighted by atomic mass is 127. The number of hydrogen-bond acceptors (Lipinski definition) is 2. The minimum Gasteiger partial charge on any atom is -0.361 e. The number of halogens is 1. The lowest BCUT2D eigenvalue weighted by Gasteiger charge is -2.36. The predicted molar refractivity (Wildman–Crippen MR) is 97.3 cm³/mol. The lowest BCUT2D eigenvalue weighted by molar-refractivity contribution is -0.117. The van der Waals surface area contributed by atoms with Gasteiger partial charge in [0, 0.05) is 27.5 Å². The van der Waals surface area contributed by atoms with Gasteiger partial charge in [-0.25, -0.2) is 0 Å². The molecule has 0 heterocycles. The second-order valence-electron chi connectivity index (χ2n) is 6.53. The van der Waals surface area contributed by atoms with Gasteiger partial charge in [0.05, 0.1) is 0 Å². The summed E-state index contributed by atoms with van der Waals surface area (Å²) in [6, 6.07) is 8.21. The molecule has 1 saturated carbocycles. The highest BCUT2D eigenvalue weighted by molar-refractivity contribution is 14.1. The van der Waals surface area contributed by atoms with E-state index in [1.54, 1.807) is 0 Å². The number of Topliss-reactive ketones (excluding diaryl/α,β-unsaturated/α-hetero) is 1. The van der Waals surface area contributed by atoms with Gasteiger partial charge in [-0.15, -0.1) is 0 Å². The molecule has 0 amide bonds. The highest BCUT2D eigenvalue weighted by Gasteiger charge is 2.33. The maximum absolute atomic E-state index is 12.1. The molecule has 0 aliphatic heterocycles. The van der Waals surface area contributed by atoms with Gasteiger partial charge in [0.2, 0.25) is 0 Å². The van der Waals surface area contributed by atoms with Crippen molar-refractivity contribution in [3.63, 3.8) is 0 Å². The summed E-state index contributed by atoms with van der Waals surface area (Å²) in [5, 5.41) is 3.28. The van der Waals surface area contributed by atoms with Crippen LogP contribution in [-0.4, -0.2) is 5.78 Å². The SMILES string of the molecule is CCC(C)(C)[C@@H]1CCC(=O)/C(=C/Nc2ccc(I)cc2)C1. The van der Waals surface area contributed by atoms with Crippen molar-refractivity contribution in [1.29, 1.82) is 0 Å². The second kappa shape index (κ2) is 6.95.